The highest BCUT2D eigenvalue weighted by Crippen LogP contribution is 2.62. The van der Waals surface area contributed by atoms with Gasteiger partial charge >= 0.3 is 0 Å². The van der Waals surface area contributed by atoms with Crippen LogP contribution in [0.4, 0.5) is 0 Å². The fraction of sp³-hybridized carbons (Fsp3) is 0.568. The largest absolute Gasteiger partial charge is 0.459 e. The summed E-state index contributed by atoms with van der Waals surface area (Å²) in [4.78, 5) is 33.1. The molecule has 2 saturated carbocycles. The molecule has 3 aliphatic carbocycles. The minimum atomic E-state index is -1.27. The van der Waals surface area contributed by atoms with Crippen molar-refractivity contribution in [2.75, 3.05) is 34.0 Å². The highest BCUT2D eigenvalue weighted by molar-refractivity contribution is 6.03. The number of fused-ring (bicyclic) bond motifs is 2. The van der Waals surface area contributed by atoms with Gasteiger partial charge in [-0.3, -0.25) is 9.59 Å². The molecule has 10 nitrogen and oxygen atoms in total. The van der Waals surface area contributed by atoms with Crippen molar-refractivity contribution < 1.29 is 38.9 Å². The van der Waals surface area contributed by atoms with E-state index in [0.29, 0.717) is 54.4 Å². The van der Waals surface area contributed by atoms with Gasteiger partial charge in [0.25, 0.3) is 0 Å². The van der Waals surface area contributed by atoms with E-state index in [2.05, 4.69) is 17.8 Å². The third kappa shape index (κ3) is 8.46. The number of hydrogen-bond donors (Lipinski definition) is 2. The number of hydrogen-bond acceptors (Lipinski definition) is 9. The van der Waals surface area contributed by atoms with Crippen molar-refractivity contribution in [3.05, 3.63) is 77.9 Å². The van der Waals surface area contributed by atoms with E-state index in [-0.39, 0.29) is 49.4 Å². The summed E-state index contributed by atoms with van der Waals surface area (Å²) in [5.41, 5.74) is 3.27. The lowest BCUT2D eigenvalue weighted by Crippen LogP contribution is -2.69. The van der Waals surface area contributed by atoms with Gasteiger partial charge in [0.2, 0.25) is 11.7 Å². The topological polar surface area (TPSA) is 127 Å². The van der Waals surface area contributed by atoms with Gasteiger partial charge < -0.3 is 34.2 Å². The molecule has 0 spiro atoms. The van der Waals surface area contributed by atoms with E-state index in [1.807, 2.05) is 36.2 Å². The lowest BCUT2D eigenvalue weighted by atomic mass is 9.55. The number of benzene rings is 2. The minimum absolute atomic E-state index is 0.0575. The van der Waals surface area contributed by atoms with Gasteiger partial charge in [-0.15, -0.1) is 6.58 Å². The molecule has 10 heteroatoms. The molecule has 54 heavy (non-hydrogen) atoms. The Morgan fingerprint density at radius 3 is 2.52 bits per heavy atom. The van der Waals surface area contributed by atoms with Gasteiger partial charge in [0, 0.05) is 50.1 Å². The number of nitrogens with zero attached hydrogens (tertiary/aromatic N) is 2. The first-order valence-corrected chi connectivity index (χ1v) is 20.0. The average Bonchev–Trinajstić information content (AvgIpc) is 3.72. The number of oxime groups is 1. The number of aliphatic hydroxyl groups excluding tert-OH is 2. The highest BCUT2D eigenvalue weighted by atomic mass is 16.7. The molecule has 0 bridgehead atoms. The van der Waals surface area contributed by atoms with Gasteiger partial charge in [-0.2, -0.15) is 0 Å². The molecule has 1 amide bonds. The fourth-order valence-corrected chi connectivity index (χ4v) is 9.67. The number of aldehydes is 1. The molecular formula is C44H58N2O8. The van der Waals surface area contributed by atoms with Crippen LogP contribution in [0.3, 0.4) is 0 Å². The van der Waals surface area contributed by atoms with Gasteiger partial charge in [0.15, 0.2) is 0 Å². The molecule has 6 rings (SSSR count). The van der Waals surface area contributed by atoms with Crippen LogP contribution < -0.4 is 9.47 Å². The van der Waals surface area contributed by atoms with Crippen LogP contribution in [-0.2, 0) is 14.4 Å². The molecule has 292 valence electrons. The number of likely N-dealkylation sites (N-methyl/N-ethyl adjacent to an activating group) is 1. The zero-order chi connectivity index (χ0) is 38.1. The molecule has 0 aromatic heterocycles. The summed E-state index contributed by atoms with van der Waals surface area (Å²) >= 11 is 0. The molecule has 2 aromatic rings. The fourth-order valence-electron chi connectivity index (χ4n) is 9.67. The van der Waals surface area contributed by atoms with Crippen LogP contribution in [-0.4, -0.2) is 78.8 Å². The van der Waals surface area contributed by atoms with Crippen molar-refractivity contribution in [1.29, 1.82) is 0 Å². The van der Waals surface area contributed by atoms with Crippen LogP contribution in [0.2, 0.25) is 0 Å². The van der Waals surface area contributed by atoms with E-state index in [1.54, 1.807) is 31.4 Å². The summed E-state index contributed by atoms with van der Waals surface area (Å²) in [6.07, 6.45) is 16.2. The van der Waals surface area contributed by atoms with Crippen molar-refractivity contribution in [3.63, 3.8) is 0 Å². The molecule has 2 aromatic carbocycles. The van der Waals surface area contributed by atoms with Crippen LogP contribution in [0.15, 0.2) is 71.9 Å². The Kier molecular flexibility index (Phi) is 13.6. The molecule has 1 aliphatic heterocycles. The van der Waals surface area contributed by atoms with Gasteiger partial charge in [0.05, 0.1) is 18.2 Å². The number of amides is 1. The minimum Gasteiger partial charge on any atom is -0.459 e. The normalized spacial score (nSPS) is 26.6. The molecule has 0 saturated heterocycles. The third-order valence-electron chi connectivity index (χ3n) is 12.2. The second kappa shape index (κ2) is 18.6. The summed E-state index contributed by atoms with van der Waals surface area (Å²) in [5, 5.41) is 24.3. The number of rotatable bonds is 19. The van der Waals surface area contributed by atoms with Gasteiger partial charge in [-0.1, -0.05) is 68.0 Å². The van der Waals surface area contributed by atoms with E-state index >= 15 is 0 Å². The van der Waals surface area contributed by atoms with Crippen molar-refractivity contribution in [2.45, 2.75) is 101 Å². The Morgan fingerprint density at radius 1 is 1.04 bits per heavy atom. The number of allylic oxidation sites excluding steroid dienone is 1. The highest BCUT2D eigenvalue weighted by Gasteiger charge is 2.65. The maximum atomic E-state index is 14.2. The summed E-state index contributed by atoms with van der Waals surface area (Å²) in [6, 6.07) is 12.4. The number of unbranched alkanes of at least 4 members (excludes halogenated alkanes) is 2. The Bertz CT molecular complexity index is 1670. The van der Waals surface area contributed by atoms with Gasteiger partial charge in [-0.05, 0) is 85.8 Å². The maximum absolute atomic E-state index is 14.2. The van der Waals surface area contributed by atoms with Crippen molar-refractivity contribution in [1.82, 2.24) is 4.90 Å². The Balaban J connectivity index is 1.50. The van der Waals surface area contributed by atoms with Crippen LogP contribution in [0.5, 0.6) is 17.2 Å². The number of carbonyl (C=O) groups excluding carboxylic acids is 2. The van der Waals surface area contributed by atoms with Crippen molar-refractivity contribution >= 4 is 17.9 Å². The van der Waals surface area contributed by atoms with Crippen LogP contribution >= 0.6 is 0 Å². The zero-order valence-electron chi connectivity index (χ0n) is 32.0. The Morgan fingerprint density at radius 2 is 1.80 bits per heavy atom. The second-order valence-electron chi connectivity index (χ2n) is 15.4. The van der Waals surface area contributed by atoms with E-state index in [1.165, 1.54) is 25.7 Å². The zero-order valence-corrected chi connectivity index (χ0v) is 32.0. The molecule has 0 radical (unpaired) electrons. The maximum Gasteiger partial charge on any atom is 0.239 e. The number of aliphatic hydroxyl groups is 2. The number of carbonyl (C=O) groups is 2. The average molecular weight is 743 g/mol. The van der Waals surface area contributed by atoms with Gasteiger partial charge in [-0.25, -0.2) is 0 Å². The predicted molar refractivity (Wildman–Crippen MR) is 208 cm³/mol. The van der Waals surface area contributed by atoms with Crippen molar-refractivity contribution in [3.8, 4) is 17.2 Å². The third-order valence-corrected chi connectivity index (χ3v) is 12.2. The van der Waals surface area contributed by atoms with Gasteiger partial charge in [0.1, 0.15) is 36.7 Å². The summed E-state index contributed by atoms with van der Waals surface area (Å²) in [5.74, 6) is 0.926. The lowest BCUT2D eigenvalue weighted by molar-refractivity contribution is -0.255. The van der Waals surface area contributed by atoms with Crippen LogP contribution in [0.1, 0.15) is 105 Å². The molecule has 1 heterocycles. The molecule has 2 N–H and O–H groups in total. The Hall–Kier alpha value is -3.99. The van der Waals surface area contributed by atoms with E-state index < -0.39 is 11.8 Å². The first-order chi connectivity index (χ1) is 26.4. The first kappa shape index (κ1) is 39.7. The molecular weight excluding hydrogens is 684 g/mol. The van der Waals surface area contributed by atoms with Crippen molar-refractivity contribution in [2.24, 2.45) is 28.8 Å². The summed E-state index contributed by atoms with van der Waals surface area (Å²) in [7, 11) is 3.43. The number of ether oxygens (including phenoxy) is 3. The molecule has 2 fully saturated rings. The summed E-state index contributed by atoms with van der Waals surface area (Å²) in [6.45, 7) is 4.46. The standard InChI is InChI=1S/C44H58N2O8/c1-4-24-52-44-40(46(2)41(50)21-18-30-12-5-6-13-30)28-38(45-51-3)36-26-32(15-7-9-22-47)35(17-8-10-23-48)42(43(36)44)37-27-34(19-20-39(37)54-44)53-33-16-11-14-31(25-33)29-49/h4,11,14,16,19-20,25-27,29-30,32,35,40,42-43,47-48H,1,5-10,12-13,15,17-18,21-24,28H2,2-3H3/t32-,35+,40-,42+,43+,44+/m0/s1. The monoisotopic (exact) mass is 742 g/mol. The van der Waals surface area contributed by atoms with Crippen LogP contribution in [0, 0.1) is 23.7 Å². The Labute approximate surface area is 320 Å². The lowest BCUT2D eigenvalue weighted by Gasteiger charge is -2.59. The summed E-state index contributed by atoms with van der Waals surface area (Å²) < 4.78 is 20.6. The van der Waals surface area contributed by atoms with E-state index in [0.717, 1.165) is 55.2 Å². The second-order valence-corrected chi connectivity index (χ2v) is 15.4. The molecule has 0 unspecified atom stereocenters. The predicted octanol–water partition coefficient (Wildman–Crippen LogP) is 7.98. The molecule has 6 atom stereocenters. The smallest absolute Gasteiger partial charge is 0.239 e. The van der Waals surface area contributed by atoms with Crippen LogP contribution in [0.25, 0.3) is 0 Å². The van der Waals surface area contributed by atoms with E-state index in [9.17, 15) is 19.8 Å². The first-order valence-electron chi connectivity index (χ1n) is 20.0. The van der Waals surface area contributed by atoms with E-state index in [4.69, 9.17) is 19.0 Å². The molecule has 4 aliphatic rings. The SMILES string of the molecule is C=CCO[C@@]12Oc3ccc(Oc4cccc(C=O)c4)cc3[C@H]3[C@H](CCCCO)[C@@H](CCCCO)C=C(C(=NOC)C[C@@H]1N(C)C(=O)CCC1CCCC1)[C@H]32. The quantitative estimate of drug-likeness (QED) is 0.0642.